The van der Waals surface area contributed by atoms with Crippen LogP contribution in [0.5, 0.6) is 0 Å². The smallest absolute Gasteiger partial charge is 0.144 e. The number of hydrogen-bond acceptors (Lipinski definition) is 3. The van der Waals surface area contributed by atoms with Crippen LogP contribution in [-0.2, 0) is 0 Å². The van der Waals surface area contributed by atoms with Crippen molar-refractivity contribution in [2.75, 3.05) is 5.73 Å². The van der Waals surface area contributed by atoms with E-state index in [1.165, 1.54) is 0 Å². The summed E-state index contributed by atoms with van der Waals surface area (Å²) in [5.74, 6) is 0.764. The van der Waals surface area contributed by atoms with E-state index < -0.39 is 0 Å². The summed E-state index contributed by atoms with van der Waals surface area (Å²) in [6.45, 7) is 0. The molecule has 0 bridgehead atoms. The molecule has 4 heteroatoms. The first-order valence-electron chi connectivity index (χ1n) is 6.18. The molecule has 1 aromatic heterocycles. The predicted octanol–water partition coefficient (Wildman–Crippen LogP) is 2.99. The second-order valence-corrected chi connectivity index (χ2v) is 4.38. The van der Waals surface area contributed by atoms with E-state index in [0.29, 0.717) is 11.3 Å². The first-order chi connectivity index (χ1) is 9.79. The molecule has 0 saturated heterocycles. The van der Waals surface area contributed by atoms with Crippen LogP contribution in [0.25, 0.3) is 17.1 Å². The highest BCUT2D eigenvalue weighted by Gasteiger charge is 2.10. The minimum atomic E-state index is 0.607. The summed E-state index contributed by atoms with van der Waals surface area (Å²) in [4.78, 5) is 4.38. The molecule has 96 valence electrons. The molecule has 0 unspecified atom stereocenters. The third-order valence-corrected chi connectivity index (χ3v) is 3.07. The maximum Gasteiger partial charge on any atom is 0.144 e. The minimum Gasteiger partial charge on any atom is -0.399 e. The van der Waals surface area contributed by atoms with E-state index in [4.69, 9.17) is 5.73 Å². The second kappa shape index (κ2) is 4.90. The van der Waals surface area contributed by atoms with Gasteiger partial charge in [-0.2, -0.15) is 5.26 Å². The van der Waals surface area contributed by atoms with E-state index in [2.05, 4.69) is 11.1 Å². The average molecular weight is 260 g/mol. The van der Waals surface area contributed by atoms with Crippen molar-refractivity contribution >= 4 is 5.69 Å². The summed E-state index contributed by atoms with van der Waals surface area (Å²) in [6.07, 6.45) is 3.56. The number of hydrogen-bond donors (Lipinski definition) is 1. The molecule has 4 nitrogen and oxygen atoms in total. The minimum absolute atomic E-state index is 0.607. The van der Waals surface area contributed by atoms with Gasteiger partial charge in [-0.25, -0.2) is 4.98 Å². The molecule has 2 aromatic carbocycles. The van der Waals surface area contributed by atoms with Crippen LogP contribution in [0.2, 0.25) is 0 Å². The molecule has 20 heavy (non-hydrogen) atoms. The lowest BCUT2D eigenvalue weighted by Crippen LogP contribution is -1.99. The quantitative estimate of drug-likeness (QED) is 0.720. The van der Waals surface area contributed by atoms with Crippen LogP contribution in [0.1, 0.15) is 5.56 Å². The van der Waals surface area contributed by atoms with Crippen molar-refractivity contribution in [3.05, 3.63) is 66.5 Å². The number of nitrogen functional groups attached to an aromatic ring is 1. The van der Waals surface area contributed by atoms with E-state index in [-0.39, 0.29) is 0 Å². The molecule has 0 spiro atoms. The number of anilines is 1. The molecular weight excluding hydrogens is 248 g/mol. The topological polar surface area (TPSA) is 67.6 Å². The Morgan fingerprint density at radius 1 is 1.10 bits per heavy atom. The Labute approximate surface area is 116 Å². The maximum absolute atomic E-state index is 9.22. The molecule has 0 aliphatic carbocycles. The number of imidazole rings is 1. The molecule has 3 aromatic rings. The summed E-state index contributed by atoms with van der Waals surface area (Å²) >= 11 is 0. The molecular formula is C16H12N4. The second-order valence-electron chi connectivity index (χ2n) is 4.38. The predicted molar refractivity (Wildman–Crippen MR) is 78.1 cm³/mol. The zero-order valence-corrected chi connectivity index (χ0v) is 10.7. The highest BCUT2D eigenvalue weighted by Crippen LogP contribution is 2.24. The first kappa shape index (κ1) is 12.0. The highest BCUT2D eigenvalue weighted by molar-refractivity contribution is 5.64. The fourth-order valence-corrected chi connectivity index (χ4v) is 2.17. The molecule has 0 atom stereocenters. The Bertz CT molecular complexity index is 796. The Morgan fingerprint density at radius 2 is 1.95 bits per heavy atom. The molecule has 0 aliphatic rings. The molecule has 3 rings (SSSR count). The molecule has 0 fully saturated rings. The normalized spacial score (nSPS) is 10.2. The average Bonchev–Trinajstić information content (AvgIpc) is 2.96. The van der Waals surface area contributed by atoms with E-state index >= 15 is 0 Å². The van der Waals surface area contributed by atoms with Gasteiger partial charge in [-0.1, -0.05) is 24.3 Å². The number of nitriles is 1. The van der Waals surface area contributed by atoms with E-state index in [9.17, 15) is 5.26 Å². The zero-order valence-electron chi connectivity index (χ0n) is 10.7. The van der Waals surface area contributed by atoms with Crippen molar-refractivity contribution in [1.29, 1.82) is 5.26 Å². The number of nitrogens with zero attached hydrogens (tertiary/aromatic N) is 3. The van der Waals surface area contributed by atoms with E-state index in [1.54, 1.807) is 12.3 Å². The van der Waals surface area contributed by atoms with Gasteiger partial charge in [-0.05, 0) is 24.3 Å². The van der Waals surface area contributed by atoms with Crippen LogP contribution in [0.15, 0.2) is 60.9 Å². The van der Waals surface area contributed by atoms with Crippen molar-refractivity contribution in [1.82, 2.24) is 9.55 Å². The fraction of sp³-hybridized carbons (Fsp3) is 0. The molecule has 0 radical (unpaired) electrons. The van der Waals surface area contributed by atoms with Crippen LogP contribution in [-0.4, -0.2) is 9.55 Å². The summed E-state index contributed by atoms with van der Waals surface area (Å²) in [7, 11) is 0. The van der Waals surface area contributed by atoms with Gasteiger partial charge in [0.2, 0.25) is 0 Å². The maximum atomic E-state index is 9.22. The summed E-state index contributed by atoms with van der Waals surface area (Å²) in [6, 6.07) is 17.2. The van der Waals surface area contributed by atoms with Crippen molar-refractivity contribution in [2.45, 2.75) is 0 Å². The van der Waals surface area contributed by atoms with Gasteiger partial charge in [0.25, 0.3) is 0 Å². The number of benzene rings is 2. The molecule has 1 heterocycles. The molecule has 2 N–H and O–H groups in total. The largest absolute Gasteiger partial charge is 0.399 e. The zero-order chi connectivity index (χ0) is 13.9. The van der Waals surface area contributed by atoms with Gasteiger partial charge < -0.3 is 5.73 Å². The summed E-state index contributed by atoms with van der Waals surface area (Å²) in [5, 5.41) is 9.22. The Hall–Kier alpha value is -3.06. The van der Waals surface area contributed by atoms with E-state index in [0.717, 1.165) is 17.1 Å². The van der Waals surface area contributed by atoms with Crippen LogP contribution < -0.4 is 5.73 Å². The number of rotatable bonds is 2. The van der Waals surface area contributed by atoms with Gasteiger partial charge >= 0.3 is 0 Å². The molecule has 0 saturated carbocycles. The summed E-state index contributed by atoms with van der Waals surface area (Å²) in [5.41, 5.74) is 8.84. The van der Waals surface area contributed by atoms with Crippen LogP contribution in [0.3, 0.4) is 0 Å². The summed E-state index contributed by atoms with van der Waals surface area (Å²) < 4.78 is 1.90. The monoisotopic (exact) mass is 260 g/mol. The van der Waals surface area contributed by atoms with Gasteiger partial charge in [0.15, 0.2) is 0 Å². The SMILES string of the molecule is N#Cc1ccccc1-n1ccnc1-c1cccc(N)c1. The highest BCUT2D eigenvalue weighted by atomic mass is 15.1. The van der Waals surface area contributed by atoms with Gasteiger partial charge in [-0.15, -0.1) is 0 Å². The van der Waals surface area contributed by atoms with Crippen LogP contribution >= 0.6 is 0 Å². The Kier molecular flexibility index (Phi) is 2.94. The standard InChI is InChI=1S/C16H12N4/c17-11-13-4-1-2-7-15(13)20-9-8-19-16(20)12-5-3-6-14(18)10-12/h1-10H,18H2. The van der Waals surface area contributed by atoms with Gasteiger partial charge in [0.05, 0.1) is 11.3 Å². The van der Waals surface area contributed by atoms with Gasteiger partial charge in [0, 0.05) is 23.6 Å². The van der Waals surface area contributed by atoms with Crippen molar-refractivity contribution in [2.24, 2.45) is 0 Å². The Morgan fingerprint density at radius 3 is 2.75 bits per heavy atom. The number of nitrogens with two attached hydrogens (primary N) is 1. The lowest BCUT2D eigenvalue weighted by atomic mass is 10.1. The van der Waals surface area contributed by atoms with Crippen molar-refractivity contribution in [3.63, 3.8) is 0 Å². The van der Waals surface area contributed by atoms with Crippen molar-refractivity contribution in [3.8, 4) is 23.1 Å². The number of para-hydroxylation sites is 1. The van der Waals surface area contributed by atoms with Gasteiger partial charge in [-0.3, -0.25) is 4.57 Å². The Balaban J connectivity index is 2.19. The fourth-order valence-electron chi connectivity index (χ4n) is 2.17. The first-order valence-corrected chi connectivity index (χ1v) is 6.18. The third-order valence-electron chi connectivity index (χ3n) is 3.07. The molecule has 0 aliphatic heterocycles. The van der Waals surface area contributed by atoms with Crippen molar-refractivity contribution < 1.29 is 0 Å². The lowest BCUT2D eigenvalue weighted by Gasteiger charge is -2.09. The lowest BCUT2D eigenvalue weighted by molar-refractivity contribution is 1.06. The number of aromatic nitrogens is 2. The third kappa shape index (κ3) is 2.02. The van der Waals surface area contributed by atoms with E-state index in [1.807, 2.05) is 53.2 Å². The van der Waals surface area contributed by atoms with Crippen LogP contribution in [0, 0.1) is 11.3 Å². The van der Waals surface area contributed by atoms with Crippen LogP contribution in [0.4, 0.5) is 5.69 Å². The molecule has 0 amide bonds. The van der Waals surface area contributed by atoms with Gasteiger partial charge in [0.1, 0.15) is 11.9 Å².